The van der Waals surface area contributed by atoms with E-state index in [9.17, 15) is 0 Å². The van der Waals surface area contributed by atoms with Crippen molar-refractivity contribution in [1.29, 1.82) is 0 Å². The lowest BCUT2D eigenvalue weighted by molar-refractivity contribution is -0.528. The molecule has 11 heavy (non-hydrogen) atoms. The minimum absolute atomic E-state index is 1.02. The lowest BCUT2D eigenvalue weighted by Gasteiger charge is -2.36. The lowest BCUT2D eigenvalue weighted by Crippen LogP contribution is -2.85. The normalized spacial score (nSPS) is 16.9. The highest BCUT2D eigenvalue weighted by Crippen LogP contribution is 2.03. The Morgan fingerprint density at radius 2 is 2.00 bits per heavy atom. The van der Waals surface area contributed by atoms with Gasteiger partial charge in [-0.2, -0.15) is 7.82 Å². The molecule has 0 amide bonds. The molecule has 1 heterocycles. The Morgan fingerprint density at radius 3 is 2.09 bits per heavy atom. The molecular weight excluding hydrogens is 171 g/mol. The molecule has 1 rings (SSSR count). The third-order valence-corrected chi connectivity index (χ3v) is 0.930. The monoisotopic (exact) mass is 180 g/mol. The van der Waals surface area contributed by atoms with Crippen LogP contribution < -0.4 is 20.0 Å². The third kappa shape index (κ3) is 12.8. The molecule has 0 bridgehead atoms. The first kappa shape index (κ1) is 10.7. The second-order valence-electron chi connectivity index (χ2n) is 1.96. The van der Waals surface area contributed by atoms with Crippen molar-refractivity contribution >= 4 is 13.7 Å². The van der Waals surface area contributed by atoms with Crippen LogP contribution in [0.4, 0.5) is 0 Å². The number of nitrogens with two attached hydrogens (primary N) is 1. The summed E-state index contributed by atoms with van der Waals surface area (Å²) in [5.74, 6) is 1.20. The highest BCUT2D eigenvalue weighted by molar-refractivity contribution is 7.40. The Kier molecular flexibility index (Phi) is 4.48. The van der Waals surface area contributed by atoms with E-state index in [1.165, 1.54) is 5.84 Å². The molecule has 0 spiro atoms. The molecule has 0 atom stereocenters. The number of nitrogens with zero attached hydrogens (tertiary/aromatic N) is 1. The van der Waals surface area contributed by atoms with E-state index in [2.05, 4.69) is 10.3 Å². The second-order valence-corrected chi connectivity index (χ2v) is 2.86. The van der Waals surface area contributed by atoms with Crippen molar-refractivity contribution in [3.63, 3.8) is 0 Å². The number of quaternary nitrogens is 1. The zero-order chi connectivity index (χ0) is 8.91. The van der Waals surface area contributed by atoms with Crippen LogP contribution in [-0.2, 0) is 4.57 Å². The summed E-state index contributed by atoms with van der Waals surface area (Å²) in [4.78, 5) is 29.7. The number of rotatable bonds is 0. The molecule has 7 heteroatoms. The molecule has 0 fully saturated rings. The van der Waals surface area contributed by atoms with E-state index < -0.39 is 7.82 Å². The highest BCUT2D eigenvalue weighted by Gasteiger charge is 2.00. The molecule has 1 aliphatic rings. The summed E-state index contributed by atoms with van der Waals surface area (Å²) in [6.07, 6.45) is 0. The molecule has 6 nitrogen and oxygen atoms in total. The van der Waals surface area contributed by atoms with Gasteiger partial charge in [0.15, 0.2) is 5.84 Å². The van der Waals surface area contributed by atoms with Gasteiger partial charge in [0.1, 0.15) is 6.54 Å². The van der Waals surface area contributed by atoms with Crippen LogP contribution in [0.3, 0.4) is 0 Å². The van der Waals surface area contributed by atoms with Gasteiger partial charge in [0.2, 0.25) is 0 Å². The fourth-order valence-electron chi connectivity index (χ4n) is 0.579. The van der Waals surface area contributed by atoms with Gasteiger partial charge in [-0.05, 0) is 0 Å². The van der Waals surface area contributed by atoms with E-state index in [0.717, 1.165) is 13.1 Å². The van der Waals surface area contributed by atoms with Crippen LogP contribution >= 0.6 is 7.82 Å². The predicted molar refractivity (Wildman–Crippen MR) is 32.4 cm³/mol. The van der Waals surface area contributed by atoms with Gasteiger partial charge in [0.25, 0.3) is 0 Å². The maximum absolute atomic E-state index is 8.55. The summed E-state index contributed by atoms with van der Waals surface area (Å²) < 4.78 is 8.55. The average molecular weight is 180 g/mol. The number of amidine groups is 1. The molecule has 0 radical (unpaired) electrons. The largest absolute Gasteiger partial charge is 0.822 e. The first-order chi connectivity index (χ1) is 4.89. The van der Waals surface area contributed by atoms with Gasteiger partial charge in [-0.3, -0.25) is 0 Å². The van der Waals surface area contributed by atoms with Crippen molar-refractivity contribution in [2.45, 2.75) is 6.92 Å². The van der Waals surface area contributed by atoms with Gasteiger partial charge in [-0.25, -0.2) is 4.99 Å². The first-order valence-corrected chi connectivity index (χ1v) is 4.43. The number of phosphoric acid groups is 1. The van der Waals surface area contributed by atoms with Crippen LogP contribution in [0.15, 0.2) is 4.99 Å². The molecule has 66 valence electrons. The van der Waals surface area contributed by atoms with Crippen LogP contribution in [0, 0.1) is 0 Å². The Hall–Kier alpha value is -0.260. The summed E-state index contributed by atoms with van der Waals surface area (Å²) in [5, 5.41) is 2.15. The van der Waals surface area contributed by atoms with Crippen molar-refractivity contribution in [3.8, 4) is 0 Å². The van der Waals surface area contributed by atoms with Gasteiger partial charge in [-0.15, -0.1) is 0 Å². The Balaban J connectivity index is 0.000000187. The van der Waals surface area contributed by atoms with Crippen molar-refractivity contribution in [2.24, 2.45) is 4.99 Å². The zero-order valence-electron chi connectivity index (χ0n) is 6.02. The van der Waals surface area contributed by atoms with Crippen LogP contribution in [0.25, 0.3) is 0 Å². The fourth-order valence-corrected chi connectivity index (χ4v) is 0.579. The Labute approximate surface area is 64.2 Å². The minimum atomic E-state index is -5.39. The van der Waals surface area contributed by atoms with Crippen molar-refractivity contribution in [3.05, 3.63) is 0 Å². The smallest absolute Gasteiger partial charge is 0.191 e. The van der Waals surface area contributed by atoms with E-state index in [1.807, 2.05) is 6.92 Å². The summed E-state index contributed by atoms with van der Waals surface area (Å²) >= 11 is 0. The molecule has 0 aliphatic carbocycles. The summed E-state index contributed by atoms with van der Waals surface area (Å²) in [6, 6.07) is 0. The Bertz CT molecular complexity index is 178. The van der Waals surface area contributed by atoms with Crippen LogP contribution in [0.2, 0.25) is 0 Å². The fraction of sp³-hybridized carbons (Fsp3) is 0.750. The van der Waals surface area contributed by atoms with Gasteiger partial charge in [0.05, 0.1) is 6.54 Å². The Morgan fingerprint density at radius 1 is 1.55 bits per heavy atom. The van der Waals surface area contributed by atoms with Gasteiger partial charge in [-0.1, -0.05) is 0 Å². The zero-order valence-corrected chi connectivity index (χ0v) is 6.91. The van der Waals surface area contributed by atoms with Crippen molar-refractivity contribution in [2.75, 3.05) is 13.1 Å². The van der Waals surface area contributed by atoms with Crippen molar-refractivity contribution in [1.82, 2.24) is 0 Å². The molecule has 0 saturated heterocycles. The van der Waals surface area contributed by atoms with Crippen LogP contribution in [-0.4, -0.2) is 18.9 Å². The van der Waals surface area contributed by atoms with Crippen LogP contribution in [0.5, 0.6) is 0 Å². The van der Waals surface area contributed by atoms with E-state index >= 15 is 0 Å². The molecule has 0 aromatic rings. The van der Waals surface area contributed by atoms with Gasteiger partial charge < -0.3 is 24.6 Å². The predicted octanol–water partition coefficient (Wildman–Crippen LogP) is -3.84. The third-order valence-electron chi connectivity index (χ3n) is 0.930. The first-order valence-electron chi connectivity index (χ1n) is 2.97. The van der Waals surface area contributed by atoms with Crippen molar-refractivity contribution < 1.29 is 24.6 Å². The quantitative estimate of drug-likeness (QED) is 0.384. The molecule has 0 unspecified atom stereocenters. The summed E-state index contributed by atoms with van der Waals surface area (Å²) in [7, 11) is -5.39. The summed E-state index contributed by atoms with van der Waals surface area (Å²) in [6.45, 7) is 4.21. The highest BCUT2D eigenvalue weighted by atomic mass is 31.2. The number of hydrogen-bond acceptors (Lipinski definition) is 5. The van der Waals surface area contributed by atoms with Gasteiger partial charge >= 0.3 is 0 Å². The number of aliphatic imine (C=N–C) groups is 1. The molecule has 0 aromatic heterocycles. The standard InChI is InChI=1S/C4H8N2.H3O4P/c1-4-5-2-3-6-4;1-5(2,3)4/h2-3H2,1H3,(H,5,6);(H3,1,2,3,4)/p-2. The molecule has 2 N–H and O–H groups in total. The molecule has 0 aromatic carbocycles. The van der Waals surface area contributed by atoms with Crippen LogP contribution in [0.1, 0.15) is 6.92 Å². The maximum atomic E-state index is 8.55. The second kappa shape index (κ2) is 4.58. The molecular formula is C4H9N2O4P-2. The van der Waals surface area contributed by atoms with E-state index in [0.29, 0.717) is 0 Å². The molecule has 1 aliphatic heterocycles. The van der Waals surface area contributed by atoms with E-state index in [1.54, 1.807) is 0 Å². The topological polar surface area (TPSA) is 115 Å². The minimum Gasteiger partial charge on any atom is -0.822 e. The van der Waals surface area contributed by atoms with E-state index in [-0.39, 0.29) is 0 Å². The average Bonchev–Trinajstić information content (AvgIpc) is 2.12. The lowest BCUT2D eigenvalue weighted by atomic mass is 10.7. The summed E-state index contributed by atoms with van der Waals surface area (Å²) in [5.41, 5.74) is 0. The van der Waals surface area contributed by atoms with E-state index in [4.69, 9.17) is 19.2 Å². The van der Waals surface area contributed by atoms with Gasteiger partial charge in [0, 0.05) is 6.92 Å². The molecule has 0 saturated carbocycles. The number of hydrogen-bond donors (Lipinski definition) is 1. The SMILES string of the molecule is CC1=NCC[NH2+]1.O=P([O-])([O-])[O-]. The maximum Gasteiger partial charge on any atom is 0.191 e.